The molecule has 2 aliphatic rings. The van der Waals surface area contributed by atoms with Gasteiger partial charge in [0.05, 0.1) is 11.6 Å². The highest BCUT2D eigenvalue weighted by Crippen LogP contribution is 2.40. The number of likely N-dealkylation sites (tertiary alicyclic amines) is 1. The van der Waals surface area contributed by atoms with Crippen molar-refractivity contribution in [1.29, 1.82) is 0 Å². The van der Waals surface area contributed by atoms with Gasteiger partial charge in [-0.3, -0.25) is 14.8 Å². The molecule has 1 N–H and O–H groups in total. The van der Waals surface area contributed by atoms with Crippen molar-refractivity contribution in [2.45, 2.75) is 31.1 Å². The van der Waals surface area contributed by atoms with E-state index in [1.54, 1.807) is 17.0 Å². The van der Waals surface area contributed by atoms with E-state index in [1.165, 1.54) is 30.6 Å². The first-order valence-electron chi connectivity index (χ1n) is 10.5. The Labute approximate surface area is 186 Å². The van der Waals surface area contributed by atoms with Crippen molar-refractivity contribution in [1.82, 2.24) is 19.9 Å². The Hall–Kier alpha value is -3.56. The predicted octanol–water partition coefficient (Wildman–Crippen LogP) is 4.41. The minimum Gasteiger partial charge on any atom is -0.365 e. The number of aromatic nitrogens is 3. The van der Waals surface area contributed by atoms with Gasteiger partial charge in [0.25, 0.3) is 5.91 Å². The second-order valence-electron chi connectivity index (χ2n) is 8.28. The maximum absolute atomic E-state index is 14.3. The Kier molecular flexibility index (Phi) is 5.22. The molecule has 0 radical (unpaired) electrons. The van der Waals surface area contributed by atoms with E-state index in [2.05, 4.69) is 20.3 Å². The summed E-state index contributed by atoms with van der Waals surface area (Å²) >= 11 is 0. The molecule has 10 heteroatoms. The van der Waals surface area contributed by atoms with Crippen LogP contribution in [0, 0.1) is 11.7 Å². The molecule has 3 aromatic heterocycles. The van der Waals surface area contributed by atoms with E-state index in [0.29, 0.717) is 17.9 Å². The zero-order chi connectivity index (χ0) is 23.2. The van der Waals surface area contributed by atoms with E-state index in [0.717, 1.165) is 25.1 Å². The number of fused-ring (bicyclic) bond motifs is 2. The van der Waals surface area contributed by atoms with Crippen LogP contribution in [0.2, 0.25) is 0 Å². The molecular weight excluding hydrogens is 438 g/mol. The molecule has 2 fully saturated rings. The molecule has 3 atom stereocenters. The lowest BCUT2D eigenvalue weighted by Crippen LogP contribution is -2.48. The summed E-state index contributed by atoms with van der Waals surface area (Å²) in [6.45, 7) is 0.544. The maximum atomic E-state index is 14.3. The molecule has 33 heavy (non-hydrogen) atoms. The Morgan fingerprint density at radius 2 is 1.82 bits per heavy atom. The first kappa shape index (κ1) is 21.3. The molecule has 1 saturated heterocycles. The Balaban J connectivity index is 1.37. The Morgan fingerprint density at radius 3 is 2.52 bits per heavy atom. The zero-order valence-electron chi connectivity index (χ0n) is 17.3. The third-order valence-corrected chi connectivity index (χ3v) is 6.19. The highest BCUT2D eigenvalue weighted by atomic mass is 19.4. The van der Waals surface area contributed by atoms with Crippen molar-refractivity contribution in [3.8, 4) is 11.3 Å². The summed E-state index contributed by atoms with van der Waals surface area (Å²) in [5, 5.41) is 3.18. The van der Waals surface area contributed by atoms with Crippen LogP contribution in [0.5, 0.6) is 0 Å². The van der Waals surface area contributed by atoms with Crippen LogP contribution in [0.1, 0.15) is 28.9 Å². The van der Waals surface area contributed by atoms with Crippen LogP contribution in [-0.4, -0.2) is 44.4 Å². The van der Waals surface area contributed by atoms with Crippen LogP contribution in [-0.2, 0) is 6.18 Å². The minimum absolute atomic E-state index is 0.0573. The predicted molar refractivity (Wildman–Crippen MR) is 112 cm³/mol. The molecule has 5 rings (SSSR count). The number of hydrogen-bond acceptors (Lipinski definition) is 5. The second kappa shape index (κ2) is 8.09. The van der Waals surface area contributed by atoms with Gasteiger partial charge in [-0.25, -0.2) is 9.37 Å². The third-order valence-electron chi connectivity index (χ3n) is 6.19. The fourth-order valence-electron chi connectivity index (χ4n) is 4.74. The summed E-state index contributed by atoms with van der Waals surface area (Å²) in [6, 6.07) is 7.93. The van der Waals surface area contributed by atoms with Crippen LogP contribution in [0.3, 0.4) is 0 Å². The molecule has 170 valence electrons. The molecule has 2 bridgehead atoms. The smallest absolute Gasteiger partial charge is 0.365 e. The van der Waals surface area contributed by atoms with Gasteiger partial charge in [0.1, 0.15) is 23.0 Å². The Bertz CT molecular complexity index is 1180. The van der Waals surface area contributed by atoms with Crippen molar-refractivity contribution < 1.29 is 22.4 Å². The van der Waals surface area contributed by atoms with Gasteiger partial charge in [0.2, 0.25) is 0 Å². The number of rotatable bonds is 4. The lowest BCUT2D eigenvalue weighted by atomic mass is 10.0. The van der Waals surface area contributed by atoms with E-state index in [1.807, 2.05) is 0 Å². The number of nitrogens with zero attached hydrogens (tertiary/aromatic N) is 4. The molecule has 1 amide bonds. The van der Waals surface area contributed by atoms with Crippen molar-refractivity contribution in [3.63, 3.8) is 0 Å². The van der Waals surface area contributed by atoms with Crippen molar-refractivity contribution >= 4 is 11.7 Å². The van der Waals surface area contributed by atoms with E-state index < -0.39 is 17.6 Å². The average Bonchev–Trinajstić information content (AvgIpc) is 3.39. The highest BCUT2D eigenvalue weighted by Gasteiger charge is 2.47. The molecule has 1 saturated carbocycles. The number of anilines is 1. The number of halogens is 4. The monoisotopic (exact) mass is 457 g/mol. The van der Waals surface area contributed by atoms with Crippen molar-refractivity contribution in [3.05, 3.63) is 72.1 Å². The normalized spacial score (nSPS) is 21.9. The first-order valence-corrected chi connectivity index (χ1v) is 10.5. The van der Waals surface area contributed by atoms with Crippen molar-refractivity contribution in [2.24, 2.45) is 5.92 Å². The van der Waals surface area contributed by atoms with E-state index >= 15 is 0 Å². The number of carbonyl (C=O) groups is 1. The summed E-state index contributed by atoms with van der Waals surface area (Å²) in [4.78, 5) is 27.3. The van der Waals surface area contributed by atoms with Crippen LogP contribution < -0.4 is 5.32 Å². The zero-order valence-corrected chi connectivity index (χ0v) is 17.3. The summed E-state index contributed by atoms with van der Waals surface area (Å²) in [5.74, 6) is -0.294. The molecule has 6 nitrogen and oxygen atoms in total. The quantitative estimate of drug-likeness (QED) is 0.588. The number of piperidine rings is 1. The molecule has 1 aliphatic carbocycles. The lowest BCUT2D eigenvalue weighted by Gasteiger charge is -2.34. The van der Waals surface area contributed by atoms with Gasteiger partial charge in [0, 0.05) is 36.7 Å². The fraction of sp³-hybridized carbons (Fsp3) is 0.304. The summed E-state index contributed by atoms with van der Waals surface area (Å²) in [5.41, 5.74) is -0.324. The Morgan fingerprint density at radius 1 is 1.03 bits per heavy atom. The molecule has 0 spiro atoms. The average molecular weight is 457 g/mol. The van der Waals surface area contributed by atoms with E-state index in [4.69, 9.17) is 0 Å². The number of carbonyl (C=O) groups excluding carboxylic acids is 1. The van der Waals surface area contributed by atoms with Gasteiger partial charge >= 0.3 is 6.18 Å². The van der Waals surface area contributed by atoms with Gasteiger partial charge < -0.3 is 10.2 Å². The first-order chi connectivity index (χ1) is 15.8. The molecule has 1 aliphatic heterocycles. The molecule has 3 unspecified atom stereocenters. The molecule has 4 heterocycles. The standard InChI is InChI=1S/C23H19F4N5O/c24-16-4-2-8-28-20(16)15-3-1-7-29-21(15)22(33)32-12-13-9-17(18(32)10-13)31-19-6-5-14(11-30-19)23(25,26)27/h1-8,11,13,17-18H,9-10,12H2,(H,30,31). The van der Waals surface area contributed by atoms with E-state index in [-0.39, 0.29) is 35.3 Å². The third kappa shape index (κ3) is 4.01. The summed E-state index contributed by atoms with van der Waals surface area (Å²) in [6.07, 6.45) is 0.822. The number of amides is 1. The topological polar surface area (TPSA) is 71.0 Å². The summed E-state index contributed by atoms with van der Waals surface area (Å²) < 4.78 is 52.7. The lowest BCUT2D eigenvalue weighted by molar-refractivity contribution is -0.137. The number of alkyl halides is 3. The van der Waals surface area contributed by atoms with Gasteiger partial charge in [-0.2, -0.15) is 13.2 Å². The largest absolute Gasteiger partial charge is 0.417 e. The van der Waals surface area contributed by atoms with Crippen LogP contribution in [0.4, 0.5) is 23.4 Å². The van der Waals surface area contributed by atoms with Gasteiger partial charge in [-0.15, -0.1) is 0 Å². The van der Waals surface area contributed by atoms with Crippen LogP contribution in [0.15, 0.2) is 55.0 Å². The highest BCUT2D eigenvalue weighted by molar-refractivity contribution is 5.99. The maximum Gasteiger partial charge on any atom is 0.417 e. The van der Waals surface area contributed by atoms with E-state index in [9.17, 15) is 22.4 Å². The van der Waals surface area contributed by atoms with Crippen molar-refractivity contribution in [2.75, 3.05) is 11.9 Å². The van der Waals surface area contributed by atoms with Gasteiger partial charge in [-0.1, -0.05) is 0 Å². The van der Waals surface area contributed by atoms with Crippen LogP contribution in [0.25, 0.3) is 11.3 Å². The van der Waals surface area contributed by atoms with Gasteiger partial charge in [-0.05, 0) is 55.2 Å². The second-order valence-corrected chi connectivity index (χ2v) is 8.28. The molecule has 3 aromatic rings. The molecular formula is C23H19F4N5O. The molecule has 0 aromatic carbocycles. The summed E-state index contributed by atoms with van der Waals surface area (Å²) in [7, 11) is 0. The SMILES string of the molecule is O=C(c1ncccc1-c1ncccc1F)N1CC2CC(Nc3ccc(C(F)(F)F)cn3)C1C2. The number of pyridine rings is 3. The van der Waals surface area contributed by atoms with Crippen LogP contribution >= 0.6 is 0 Å². The number of nitrogens with one attached hydrogen (secondary N) is 1. The van der Waals surface area contributed by atoms with Gasteiger partial charge in [0.15, 0.2) is 0 Å². The fourth-order valence-corrected chi connectivity index (χ4v) is 4.74. The minimum atomic E-state index is -4.45. The number of hydrogen-bond donors (Lipinski definition) is 1.